The van der Waals surface area contributed by atoms with Crippen LogP contribution >= 0.6 is 0 Å². The quantitative estimate of drug-likeness (QED) is 0.538. The number of carboxylic acids is 1. The van der Waals surface area contributed by atoms with Crippen molar-refractivity contribution in [3.05, 3.63) is 0 Å². The van der Waals surface area contributed by atoms with Gasteiger partial charge in [-0.3, -0.25) is 9.59 Å². The molecular weight excluding hydrogens is 210 g/mol. The van der Waals surface area contributed by atoms with Gasteiger partial charge in [0.25, 0.3) is 0 Å². The van der Waals surface area contributed by atoms with E-state index in [1.54, 1.807) is 13.8 Å². The molecule has 0 atom stereocenters. The lowest BCUT2D eigenvalue weighted by Crippen LogP contribution is -2.30. The number of hydrogen-bond acceptors (Lipinski definition) is 3. The number of amides is 1. The van der Waals surface area contributed by atoms with E-state index in [2.05, 4.69) is 5.32 Å². The first-order valence-electron chi connectivity index (χ1n) is 5.47. The molecule has 0 aliphatic heterocycles. The van der Waals surface area contributed by atoms with Crippen molar-refractivity contribution in [2.45, 2.75) is 39.5 Å². The van der Waals surface area contributed by atoms with E-state index in [1.807, 2.05) is 0 Å². The maximum atomic E-state index is 11.4. The molecule has 0 unspecified atom stereocenters. The molecule has 0 aliphatic carbocycles. The van der Waals surface area contributed by atoms with E-state index < -0.39 is 11.4 Å². The van der Waals surface area contributed by atoms with E-state index in [1.165, 1.54) is 0 Å². The summed E-state index contributed by atoms with van der Waals surface area (Å²) in [5.74, 6) is -1.03. The van der Waals surface area contributed by atoms with Gasteiger partial charge in [0.15, 0.2) is 0 Å². The molecule has 0 heterocycles. The zero-order valence-corrected chi connectivity index (χ0v) is 9.95. The van der Waals surface area contributed by atoms with Crippen molar-refractivity contribution < 1.29 is 19.8 Å². The largest absolute Gasteiger partial charge is 0.481 e. The lowest BCUT2D eigenvalue weighted by molar-refractivity contribution is -0.139. The molecule has 0 saturated heterocycles. The van der Waals surface area contributed by atoms with Gasteiger partial charge >= 0.3 is 5.97 Å². The van der Waals surface area contributed by atoms with Crippen LogP contribution in [0.15, 0.2) is 0 Å². The van der Waals surface area contributed by atoms with Crippen molar-refractivity contribution in [3.8, 4) is 0 Å². The van der Waals surface area contributed by atoms with Gasteiger partial charge in [-0.1, -0.05) is 13.8 Å². The van der Waals surface area contributed by atoms with Gasteiger partial charge in [0.05, 0.1) is 6.42 Å². The Hall–Kier alpha value is -1.10. The Kier molecular flexibility index (Phi) is 6.72. The molecule has 0 fully saturated rings. The maximum Gasteiger partial charge on any atom is 0.303 e. The van der Waals surface area contributed by atoms with Crippen molar-refractivity contribution in [3.63, 3.8) is 0 Å². The van der Waals surface area contributed by atoms with E-state index in [0.29, 0.717) is 13.0 Å². The molecule has 0 radical (unpaired) electrons. The van der Waals surface area contributed by atoms with Crippen molar-refractivity contribution in [1.82, 2.24) is 5.32 Å². The topological polar surface area (TPSA) is 86.6 Å². The van der Waals surface area contributed by atoms with Gasteiger partial charge in [0, 0.05) is 19.6 Å². The minimum absolute atomic E-state index is 0.0168. The molecule has 0 aromatic rings. The van der Waals surface area contributed by atoms with Crippen molar-refractivity contribution in [2.24, 2.45) is 5.41 Å². The predicted molar refractivity (Wildman–Crippen MR) is 60.0 cm³/mol. The third kappa shape index (κ3) is 8.23. The number of carboxylic acid groups (broad SMARTS) is 1. The van der Waals surface area contributed by atoms with Gasteiger partial charge in [0.2, 0.25) is 5.91 Å². The smallest absolute Gasteiger partial charge is 0.303 e. The fraction of sp³-hybridized carbons (Fsp3) is 0.818. The van der Waals surface area contributed by atoms with Crippen LogP contribution in [-0.2, 0) is 9.59 Å². The number of aliphatic hydroxyl groups is 1. The van der Waals surface area contributed by atoms with Crippen LogP contribution in [0, 0.1) is 5.41 Å². The fourth-order valence-electron chi connectivity index (χ4n) is 1.43. The van der Waals surface area contributed by atoms with Crippen LogP contribution < -0.4 is 5.32 Å². The normalized spacial score (nSPS) is 11.2. The number of aliphatic hydroxyl groups excluding tert-OH is 1. The number of aliphatic carboxylic acids is 1. The van der Waals surface area contributed by atoms with Crippen molar-refractivity contribution >= 4 is 11.9 Å². The van der Waals surface area contributed by atoms with E-state index in [9.17, 15) is 9.59 Å². The van der Waals surface area contributed by atoms with E-state index in [0.717, 1.165) is 6.42 Å². The van der Waals surface area contributed by atoms with Crippen LogP contribution in [0.25, 0.3) is 0 Å². The molecule has 5 heteroatoms. The molecule has 3 N–H and O–H groups in total. The molecule has 1 amide bonds. The molecular formula is C11H21NO4. The lowest BCUT2D eigenvalue weighted by Gasteiger charge is -2.21. The summed E-state index contributed by atoms with van der Waals surface area (Å²) in [5, 5.41) is 19.9. The third-order valence-electron chi connectivity index (χ3n) is 2.18. The van der Waals surface area contributed by atoms with E-state index >= 15 is 0 Å². The highest BCUT2D eigenvalue weighted by Gasteiger charge is 2.24. The van der Waals surface area contributed by atoms with Gasteiger partial charge < -0.3 is 15.5 Å². The summed E-state index contributed by atoms with van der Waals surface area (Å²) in [7, 11) is 0. The Morgan fingerprint density at radius 2 is 1.81 bits per heavy atom. The molecule has 0 bridgehead atoms. The highest BCUT2D eigenvalue weighted by molar-refractivity contribution is 5.77. The molecule has 5 nitrogen and oxygen atoms in total. The average Bonchev–Trinajstić information content (AvgIpc) is 2.09. The second kappa shape index (κ2) is 7.22. The number of unbranched alkanes of at least 4 members (excludes halogenated alkanes) is 1. The molecule has 94 valence electrons. The zero-order valence-electron chi connectivity index (χ0n) is 9.95. The standard InChI is InChI=1S/C11H21NO4/c1-11(2,8-10(15)16)7-9(14)12-5-3-4-6-13/h13H,3-8H2,1-2H3,(H,12,14)(H,15,16). The maximum absolute atomic E-state index is 11.4. The van der Waals surface area contributed by atoms with Crippen molar-refractivity contribution in [2.75, 3.05) is 13.2 Å². The Labute approximate surface area is 95.9 Å². The zero-order chi connectivity index (χ0) is 12.6. The van der Waals surface area contributed by atoms with Gasteiger partial charge in [0.1, 0.15) is 0 Å². The first-order valence-corrected chi connectivity index (χ1v) is 5.47. The van der Waals surface area contributed by atoms with Crippen LogP contribution in [0.3, 0.4) is 0 Å². The highest BCUT2D eigenvalue weighted by Crippen LogP contribution is 2.24. The fourth-order valence-corrected chi connectivity index (χ4v) is 1.43. The van der Waals surface area contributed by atoms with Crippen LogP contribution in [-0.4, -0.2) is 35.2 Å². The van der Waals surface area contributed by atoms with E-state index in [4.69, 9.17) is 10.2 Å². The third-order valence-corrected chi connectivity index (χ3v) is 2.18. The number of rotatable bonds is 8. The molecule has 0 spiro atoms. The van der Waals surface area contributed by atoms with Gasteiger partial charge in [-0.05, 0) is 18.3 Å². The van der Waals surface area contributed by atoms with Crippen LogP contribution in [0.2, 0.25) is 0 Å². The SMILES string of the molecule is CC(C)(CC(=O)O)CC(=O)NCCCCO. The van der Waals surface area contributed by atoms with Crippen LogP contribution in [0.4, 0.5) is 0 Å². The van der Waals surface area contributed by atoms with Crippen LogP contribution in [0.5, 0.6) is 0 Å². The number of carbonyl (C=O) groups is 2. The summed E-state index contributed by atoms with van der Waals surface area (Å²) < 4.78 is 0. The highest BCUT2D eigenvalue weighted by atomic mass is 16.4. The number of nitrogens with one attached hydrogen (secondary N) is 1. The second-order valence-corrected chi connectivity index (χ2v) is 4.69. The van der Waals surface area contributed by atoms with Gasteiger partial charge in [-0.25, -0.2) is 0 Å². The summed E-state index contributed by atoms with van der Waals surface area (Å²) >= 11 is 0. The Morgan fingerprint density at radius 1 is 1.19 bits per heavy atom. The van der Waals surface area contributed by atoms with Crippen LogP contribution in [0.1, 0.15) is 39.5 Å². The number of carbonyl (C=O) groups excluding carboxylic acids is 1. The van der Waals surface area contributed by atoms with Crippen molar-refractivity contribution in [1.29, 1.82) is 0 Å². The Bertz CT molecular complexity index is 238. The first kappa shape index (κ1) is 14.9. The average molecular weight is 231 g/mol. The van der Waals surface area contributed by atoms with E-state index in [-0.39, 0.29) is 25.4 Å². The summed E-state index contributed by atoms with van der Waals surface area (Å²) in [6, 6.07) is 0. The summed E-state index contributed by atoms with van der Waals surface area (Å²) in [4.78, 5) is 22.0. The summed E-state index contributed by atoms with van der Waals surface area (Å²) in [6.45, 7) is 4.17. The molecule has 0 aromatic carbocycles. The molecule has 0 aromatic heterocycles. The first-order chi connectivity index (χ1) is 7.37. The molecule has 0 saturated carbocycles. The Morgan fingerprint density at radius 3 is 2.31 bits per heavy atom. The molecule has 0 rings (SSSR count). The monoisotopic (exact) mass is 231 g/mol. The second-order valence-electron chi connectivity index (χ2n) is 4.69. The summed E-state index contributed by atoms with van der Waals surface area (Å²) in [6.07, 6.45) is 1.59. The minimum Gasteiger partial charge on any atom is -0.481 e. The lowest BCUT2D eigenvalue weighted by atomic mass is 9.85. The van der Waals surface area contributed by atoms with Gasteiger partial charge in [-0.2, -0.15) is 0 Å². The number of hydrogen-bond donors (Lipinski definition) is 3. The molecule has 0 aliphatic rings. The Balaban J connectivity index is 3.80. The predicted octanol–water partition coefficient (Wildman–Crippen LogP) is 0.766. The van der Waals surface area contributed by atoms with Gasteiger partial charge in [-0.15, -0.1) is 0 Å². The summed E-state index contributed by atoms with van der Waals surface area (Å²) in [5.41, 5.74) is -0.521. The minimum atomic E-state index is -0.891. The molecule has 16 heavy (non-hydrogen) atoms.